The number of carbonyl (C=O) groups excluding carboxylic acids is 2. The molecule has 1 aliphatic heterocycles. The predicted molar refractivity (Wildman–Crippen MR) is 72.8 cm³/mol. The Morgan fingerprint density at radius 1 is 1.48 bits per heavy atom. The Bertz CT molecular complexity index is 387. The van der Waals surface area contributed by atoms with E-state index in [-0.39, 0.29) is 25.0 Å². The number of ether oxygens (including phenoxy) is 2. The largest absolute Gasteiger partial charge is 0.481 e. The molecule has 0 radical (unpaired) electrons. The van der Waals surface area contributed by atoms with Crippen molar-refractivity contribution < 1.29 is 29.0 Å². The molecule has 0 bridgehead atoms. The van der Waals surface area contributed by atoms with E-state index < -0.39 is 18.0 Å². The van der Waals surface area contributed by atoms with Gasteiger partial charge in [-0.3, -0.25) is 4.79 Å². The van der Waals surface area contributed by atoms with E-state index in [9.17, 15) is 14.4 Å². The van der Waals surface area contributed by atoms with E-state index in [0.29, 0.717) is 26.1 Å². The topological polar surface area (TPSA) is 105 Å². The highest BCUT2D eigenvalue weighted by atomic mass is 16.5. The van der Waals surface area contributed by atoms with E-state index in [0.717, 1.165) is 0 Å². The number of carbonyl (C=O) groups is 3. The van der Waals surface area contributed by atoms with Gasteiger partial charge < -0.3 is 24.8 Å². The molecular weight excluding hydrogens is 280 g/mol. The van der Waals surface area contributed by atoms with E-state index in [1.165, 1.54) is 12.0 Å². The minimum Gasteiger partial charge on any atom is -0.481 e. The minimum atomic E-state index is -0.855. The molecule has 1 aliphatic rings. The number of carboxylic acid groups (broad SMARTS) is 1. The number of carboxylic acids is 1. The highest BCUT2D eigenvalue weighted by Crippen LogP contribution is 2.10. The van der Waals surface area contributed by atoms with Gasteiger partial charge in [0, 0.05) is 19.5 Å². The molecule has 2 N–H and O–H groups in total. The van der Waals surface area contributed by atoms with Gasteiger partial charge in [0.25, 0.3) is 0 Å². The van der Waals surface area contributed by atoms with Crippen LogP contribution in [-0.2, 0) is 19.1 Å². The second-order valence-corrected chi connectivity index (χ2v) is 5.03. The lowest BCUT2D eigenvalue weighted by molar-refractivity contribution is -0.151. The molecule has 0 aliphatic carbocycles. The second kappa shape index (κ2) is 8.46. The standard InChI is InChI=1S/C13H22N2O6/c1-9(3-4-11(16)17)7-14-13(19)15-5-6-21-8-10(15)12(18)20-2/h9-10H,3-8H2,1-2H3,(H,14,19)(H,16,17). The van der Waals surface area contributed by atoms with Crippen molar-refractivity contribution in [3.63, 3.8) is 0 Å². The third-order valence-corrected chi connectivity index (χ3v) is 3.32. The molecule has 0 saturated carbocycles. The van der Waals surface area contributed by atoms with Crippen LogP contribution in [0.1, 0.15) is 19.8 Å². The fourth-order valence-corrected chi connectivity index (χ4v) is 2.01. The molecule has 1 saturated heterocycles. The van der Waals surface area contributed by atoms with Crippen LogP contribution >= 0.6 is 0 Å². The number of esters is 1. The third kappa shape index (κ3) is 5.58. The van der Waals surface area contributed by atoms with Gasteiger partial charge in [-0.15, -0.1) is 0 Å². The zero-order chi connectivity index (χ0) is 15.8. The van der Waals surface area contributed by atoms with E-state index >= 15 is 0 Å². The highest BCUT2D eigenvalue weighted by molar-refractivity contribution is 5.84. The average molecular weight is 302 g/mol. The highest BCUT2D eigenvalue weighted by Gasteiger charge is 2.33. The smallest absolute Gasteiger partial charge is 0.331 e. The molecule has 8 heteroatoms. The molecule has 2 unspecified atom stereocenters. The Morgan fingerprint density at radius 3 is 2.81 bits per heavy atom. The number of urea groups is 1. The van der Waals surface area contributed by atoms with Gasteiger partial charge in [-0.2, -0.15) is 0 Å². The first-order valence-electron chi connectivity index (χ1n) is 6.87. The lowest BCUT2D eigenvalue weighted by Crippen LogP contribution is -2.56. The van der Waals surface area contributed by atoms with Crippen molar-refractivity contribution in [2.24, 2.45) is 5.92 Å². The van der Waals surface area contributed by atoms with Crippen molar-refractivity contribution in [2.45, 2.75) is 25.8 Å². The number of rotatable bonds is 6. The number of nitrogens with one attached hydrogen (secondary N) is 1. The van der Waals surface area contributed by atoms with Crippen molar-refractivity contribution in [1.29, 1.82) is 0 Å². The summed E-state index contributed by atoms with van der Waals surface area (Å²) in [6, 6.07) is -1.10. The van der Waals surface area contributed by atoms with Crippen LogP contribution in [-0.4, -0.2) is 67.4 Å². The maximum absolute atomic E-state index is 12.1. The van der Waals surface area contributed by atoms with Gasteiger partial charge in [0.05, 0.1) is 20.3 Å². The summed E-state index contributed by atoms with van der Waals surface area (Å²) in [5, 5.41) is 11.3. The van der Waals surface area contributed by atoms with Crippen LogP contribution in [0.3, 0.4) is 0 Å². The number of nitrogens with zero attached hydrogens (tertiary/aromatic N) is 1. The maximum atomic E-state index is 12.1. The van der Waals surface area contributed by atoms with E-state index in [2.05, 4.69) is 10.1 Å². The fraction of sp³-hybridized carbons (Fsp3) is 0.769. The summed E-state index contributed by atoms with van der Waals surface area (Å²) < 4.78 is 9.84. The lowest BCUT2D eigenvalue weighted by atomic mass is 10.1. The first-order chi connectivity index (χ1) is 9.95. The van der Waals surface area contributed by atoms with Crippen molar-refractivity contribution in [3.8, 4) is 0 Å². The number of amides is 2. The van der Waals surface area contributed by atoms with Crippen LogP contribution in [0.25, 0.3) is 0 Å². The summed E-state index contributed by atoms with van der Waals surface area (Å²) in [6.45, 7) is 3.02. The molecular formula is C13H22N2O6. The summed E-state index contributed by atoms with van der Waals surface area (Å²) >= 11 is 0. The molecule has 21 heavy (non-hydrogen) atoms. The molecule has 0 spiro atoms. The molecule has 2 atom stereocenters. The van der Waals surface area contributed by atoms with Crippen LogP contribution in [0.2, 0.25) is 0 Å². The molecule has 0 aromatic heterocycles. The quantitative estimate of drug-likeness (QED) is 0.673. The first-order valence-corrected chi connectivity index (χ1v) is 6.87. The Balaban J connectivity index is 2.45. The zero-order valence-corrected chi connectivity index (χ0v) is 12.3. The molecule has 2 amide bonds. The second-order valence-electron chi connectivity index (χ2n) is 5.03. The van der Waals surface area contributed by atoms with E-state index in [4.69, 9.17) is 9.84 Å². The van der Waals surface area contributed by atoms with Gasteiger partial charge in [0.15, 0.2) is 6.04 Å². The Labute approximate surface area is 123 Å². The number of aliphatic carboxylic acids is 1. The van der Waals surface area contributed by atoms with Gasteiger partial charge >= 0.3 is 18.0 Å². The van der Waals surface area contributed by atoms with Gasteiger partial charge in [-0.05, 0) is 12.3 Å². The maximum Gasteiger partial charge on any atom is 0.331 e. The lowest BCUT2D eigenvalue weighted by Gasteiger charge is -2.33. The average Bonchev–Trinajstić information content (AvgIpc) is 2.49. The van der Waals surface area contributed by atoms with Crippen LogP contribution in [0.5, 0.6) is 0 Å². The first kappa shape index (κ1) is 17.2. The van der Waals surface area contributed by atoms with Crippen molar-refractivity contribution in [1.82, 2.24) is 10.2 Å². The summed E-state index contributed by atoms with van der Waals surface area (Å²) in [5.41, 5.74) is 0. The number of hydrogen-bond donors (Lipinski definition) is 2. The number of hydrogen-bond acceptors (Lipinski definition) is 5. The van der Waals surface area contributed by atoms with Crippen LogP contribution < -0.4 is 5.32 Å². The fourth-order valence-electron chi connectivity index (χ4n) is 2.01. The van der Waals surface area contributed by atoms with Crippen molar-refractivity contribution in [2.75, 3.05) is 33.4 Å². The van der Waals surface area contributed by atoms with Gasteiger partial charge in [-0.1, -0.05) is 6.92 Å². The Hall–Kier alpha value is -1.83. The molecule has 120 valence electrons. The van der Waals surface area contributed by atoms with E-state index in [1.54, 1.807) is 0 Å². The van der Waals surface area contributed by atoms with Crippen LogP contribution in [0, 0.1) is 5.92 Å². The molecule has 1 heterocycles. The van der Waals surface area contributed by atoms with Gasteiger partial charge in [0.2, 0.25) is 0 Å². The monoisotopic (exact) mass is 302 g/mol. The Kier molecular flexibility index (Phi) is 6.93. The van der Waals surface area contributed by atoms with Crippen LogP contribution in [0.4, 0.5) is 4.79 Å². The minimum absolute atomic E-state index is 0.0441. The molecule has 1 rings (SSSR count). The Morgan fingerprint density at radius 2 is 2.19 bits per heavy atom. The summed E-state index contributed by atoms with van der Waals surface area (Å²) in [7, 11) is 1.26. The number of morpholine rings is 1. The SMILES string of the molecule is COC(=O)C1COCCN1C(=O)NCC(C)CCC(=O)O. The van der Waals surface area contributed by atoms with Gasteiger partial charge in [0.1, 0.15) is 0 Å². The summed E-state index contributed by atoms with van der Waals surface area (Å²) in [4.78, 5) is 35.6. The molecule has 1 fully saturated rings. The normalized spacial score (nSPS) is 19.7. The van der Waals surface area contributed by atoms with Crippen molar-refractivity contribution in [3.05, 3.63) is 0 Å². The van der Waals surface area contributed by atoms with Crippen molar-refractivity contribution >= 4 is 18.0 Å². The predicted octanol–water partition coefficient (Wildman–Crippen LogP) is 0.0707. The summed E-state index contributed by atoms with van der Waals surface area (Å²) in [5.74, 6) is -1.32. The molecule has 0 aromatic carbocycles. The molecule has 8 nitrogen and oxygen atoms in total. The number of methoxy groups -OCH3 is 1. The van der Waals surface area contributed by atoms with E-state index in [1.807, 2.05) is 6.92 Å². The zero-order valence-electron chi connectivity index (χ0n) is 12.3. The molecule has 0 aromatic rings. The van der Waals surface area contributed by atoms with Crippen LogP contribution in [0.15, 0.2) is 0 Å². The summed E-state index contributed by atoms with van der Waals surface area (Å²) in [6.07, 6.45) is 0.554. The van der Waals surface area contributed by atoms with Gasteiger partial charge in [-0.25, -0.2) is 9.59 Å². The third-order valence-electron chi connectivity index (χ3n) is 3.32.